The van der Waals surface area contributed by atoms with Gasteiger partial charge < -0.3 is 15.2 Å². The molecule has 3 aromatic carbocycles. The number of aliphatic hydroxyl groups is 1. The predicted molar refractivity (Wildman–Crippen MR) is 99.5 cm³/mol. The van der Waals surface area contributed by atoms with E-state index in [-0.39, 0.29) is 12.3 Å². The zero-order valence-electron chi connectivity index (χ0n) is 14.4. The fraction of sp³-hybridized carbons (Fsp3) is 0.136. The van der Waals surface area contributed by atoms with Crippen molar-refractivity contribution in [3.8, 4) is 11.5 Å². The summed E-state index contributed by atoms with van der Waals surface area (Å²) in [5.41, 5.74) is 1.46. The van der Waals surface area contributed by atoms with Crippen LogP contribution in [0, 0.1) is 0 Å². The molecule has 1 aliphatic heterocycles. The van der Waals surface area contributed by atoms with Gasteiger partial charge in [-0.3, -0.25) is 4.79 Å². The van der Waals surface area contributed by atoms with E-state index in [2.05, 4.69) is 5.32 Å². The maximum atomic E-state index is 12.3. The molecule has 1 heterocycles. The first-order chi connectivity index (χ1) is 12.6. The number of carbonyl (C=O) groups excluding carboxylic acids is 1. The second-order valence-corrected chi connectivity index (χ2v) is 6.37. The van der Waals surface area contributed by atoms with Crippen molar-refractivity contribution in [2.45, 2.75) is 12.0 Å². The van der Waals surface area contributed by atoms with E-state index in [1.165, 1.54) is 0 Å². The van der Waals surface area contributed by atoms with E-state index in [1.807, 2.05) is 66.7 Å². The van der Waals surface area contributed by atoms with Crippen LogP contribution >= 0.6 is 0 Å². The molecule has 26 heavy (non-hydrogen) atoms. The van der Waals surface area contributed by atoms with Gasteiger partial charge in [-0.1, -0.05) is 54.6 Å². The average Bonchev–Trinajstić information content (AvgIpc) is 2.68. The molecule has 0 unspecified atom stereocenters. The van der Waals surface area contributed by atoms with Crippen LogP contribution < -0.4 is 10.1 Å². The van der Waals surface area contributed by atoms with Gasteiger partial charge in [-0.2, -0.15) is 0 Å². The number of amides is 1. The molecule has 0 spiro atoms. The van der Waals surface area contributed by atoms with Gasteiger partial charge in [-0.05, 0) is 23.8 Å². The Hall–Kier alpha value is -3.11. The van der Waals surface area contributed by atoms with E-state index in [0.717, 1.165) is 5.56 Å². The largest absolute Gasteiger partial charge is 0.457 e. The number of rotatable bonds is 3. The highest BCUT2D eigenvalue weighted by atomic mass is 16.5. The minimum atomic E-state index is -1.28. The molecule has 130 valence electrons. The highest BCUT2D eigenvalue weighted by molar-refractivity contribution is 5.95. The van der Waals surface area contributed by atoms with Gasteiger partial charge in [0.15, 0.2) is 0 Å². The van der Waals surface area contributed by atoms with Crippen molar-refractivity contribution in [1.82, 2.24) is 5.32 Å². The Balaban J connectivity index is 1.88. The van der Waals surface area contributed by atoms with Crippen molar-refractivity contribution in [2.75, 3.05) is 7.05 Å². The molecule has 3 aromatic rings. The molecule has 0 radical (unpaired) electrons. The van der Waals surface area contributed by atoms with Crippen LogP contribution in [0.1, 0.15) is 27.0 Å². The van der Waals surface area contributed by atoms with Gasteiger partial charge in [0.25, 0.3) is 5.91 Å². The van der Waals surface area contributed by atoms with Gasteiger partial charge in [-0.15, -0.1) is 0 Å². The smallest absolute Gasteiger partial charge is 0.251 e. The molecule has 0 saturated heterocycles. The summed E-state index contributed by atoms with van der Waals surface area (Å²) in [6.07, 6.45) is 0.272. The average molecular weight is 345 g/mol. The molecular weight excluding hydrogens is 326 g/mol. The number of nitrogens with one attached hydrogen (secondary N) is 1. The minimum absolute atomic E-state index is 0.169. The standard InChI is InChI=1S/C22H19NO3/c1-23-21(24)16-9-3-2-8-15(16)14-22(25)17-10-4-6-12-19(17)26-20-13-7-5-11-18(20)22/h2-13,25H,14H2,1H3,(H,23,24). The molecule has 0 saturated carbocycles. The minimum Gasteiger partial charge on any atom is -0.457 e. The van der Waals surface area contributed by atoms with Crippen LogP contribution in [0.2, 0.25) is 0 Å². The van der Waals surface area contributed by atoms with Gasteiger partial charge >= 0.3 is 0 Å². The summed E-state index contributed by atoms with van der Waals surface area (Å²) in [7, 11) is 1.60. The molecule has 2 N–H and O–H groups in total. The highest BCUT2D eigenvalue weighted by Crippen LogP contribution is 2.48. The number of hydrogen-bond donors (Lipinski definition) is 2. The Bertz CT molecular complexity index is 935. The Labute approximate surface area is 152 Å². The molecule has 0 aromatic heterocycles. The number of fused-ring (bicyclic) bond motifs is 2. The lowest BCUT2D eigenvalue weighted by Crippen LogP contribution is -2.34. The molecule has 1 aliphatic rings. The lowest BCUT2D eigenvalue weighted by Gasteiger charge is -2.36. The van der Waals surface area contributed by atoms with E-state index in [0.29, 0.717) is 28.2 Å². The normalized spacial score (nSPS) is 13.9. The zero-order chi connectivity index (χ0) is 18.1. The van der Waals surface area contributed by atoms with Crippen molar-refractivity contribution >= 4 is 5.91 Å². The number of para-hydroxylation sites is 2. The van der Waals surface area contributed by atoms with Crippen LogP contribution in [0.5, 0.6) is 11.5 Å². The Morgan fingerprint density at radius 1 is 0.923 bits per heavy atom. The third-order valence-corrected chi connectivity index (χ3v) is 4.82. The molecular formula is C22H19NO3. The van der Waals surface area contributed by atoms with Gasteiger partial charge in [0.05, 0.1) is 0 Å². The first-order valence-corrected chi connectivity index (χ1v) is 8.53. The van der Waals surface area contributed by atoms with Gasteiger partial charge in [-0.25, -0.2) is 0 Å². The predicted octanol–water partition coefficient (Wildman–Crippen LogP) is 3.63. The van der Waals surface area contributed by atoms with Crippen molar-refractivity contribution in [3.05, 3.63) is 95.1 Å². The third-order valence-electron chi connectivity index (χ3n) is 4.82. The van der Waals surface area contributed by atoms with Crippen LogP contribution in [-0.2, 0) is 12.0 Å². The first-order valence-electron chi connectivity index (χ1n) is 8.53. The lowest BCUT2D eigenvalue weighted by atomic mass is 9.78. The Morgan fingerprint density at radius 3 is 2.08 bits per heavy atom. The van der Waals surface area contributed by atoms with Gasteiger partial charge in [0.1, 0.15) is 17.1 Å². The number of hydrogen-bond acceptors (Lipinski definition) is 3. The summed E-state index contributed by atoms with van der Waals surface area (Å²) >= 11 is 0. The monoisotopic (exact) mass is 345 g/mol. The summed E-state index contributed by atoms with van der Waals surface area (Å²) in [6, 6.07) is 22.3. The number of carbonyl (C=O) groups is 1. The topological polar surface area (TPSA) is 58.6 Å². The molecule has 0 bridgehead atoms. The van der Waals surface area contributed by atoms with Crippen LogP contribution in [0.15, 0.2) is 72.8 Å². The second kappa shape index (κ2) is 6.32. The summed E-state index contributed by atoms with van der Waals surface area (Å²) in [4.78, 5) is 12.3. The van der Waals surface area contributed by atoms with Crippen molar-refractivity contribution < 1.29 is 14.6 Å². The fourth-order valence-electron chi connectivity index (χ4n) is 3.55. The summed E-state index contributed by atoms with van der Waals surface area (Å²) in [5, 5.41) is 14.5. The SMILES string of the molecule is CNC(=O)c1ccccc1CC1(O)c2ccccc2Oc2ccccc21. The maximum Gasteiger partial charge on any atom is 0.251 e. The molecule has 4 nitrogen and oxygen atoms in total. The first kappa shape index (κ1) is 16.4. The number of ether oxygens (including phenoxy) is 1. The van der Waals surface area contributed by atoms with Crippen LogP contribution in [0.4, 0.5) is 0 Å². The van der Waals surface area contributed by atoms with E-state index >= 15 is 0 Å². The van der Waals surface area contributed by atoms with Crippen molar-refractivity contribution in [2.24, 2.45) is 0 Å². The molecule has 0 fully saturated rings. The van der Waals surface area contributed by atoms with Crippen LogP contribution in [0.3, 0.4) is 0 Å². The van der Waals surface area contributed by atoms with Crippen molar-refractivity contribution in [1.29, 1.82) is 0 Å². The zero-order valence-corrected chi connectivity index (χ0v) is 14.4. The highest BCUT2D eigenvalue weighted by Gasteiger charge is 2.40. The third kappa shape index (κ3) is 2.55. The number of benzene rings is 3. The summed E-state index contributed by atoms with van der Waals surface area (Å²) in [5.74, 6) is 1.09. The maximum absolute atomic E-state index is 12.3. The fourth-order valence-corrected chi connectivity index (χ4v) is 3.55. The van der Waals surface area contributed by atoms with Crippen molar-refractivity contribution in [3.63, 3.8) is 0 Å². The van der Waals surface area contributed by atoms with Crippen LogP contribution in [0.25, 0.3) is 0 Å². The molecule has 4 rings (SSSR count). The molecule has 0 atom stereocenters. The second-order valence-electron chi connectivity index (χ2n) is 6.37. The Kier molecular flexibility index (Phi) is 3.98. The lowest BCUT2D eigenvalue weighted by molar-refractivity contribution is 0.0695. The summed E-state index contributed by atoms with van der Waals surface area (Å²) in [6.45, 7) is 0. The molecule has 4 heteroatoms. The molecule has 1 amide bonds. The summed E-state index contributed by atoms with van der Waals surface area (Å²) < 4.78 is 5.97. The quantitative estimate of drug-likeness (QED) is 0.762. The van der Waals surface area contributed by atoms with Gasteiger partial charge in [0.2, 0.25) is 0 Å². The molecule has 0 aliphatic carbocycles. The van der Waals surface area contributed by atoms with E-state index < -0.39 is 5.60 Å². The van der Waals surface area contributed by atoms with E-state index in [9.17, 15) is 9.90 Å². The van der Waals surface area contributed by atoms with E-state index in [1.54, 1.807) is 13.1 Å². The Morgan fingerprint density at radius 2 is 1.46 bits per heavy atom. The van der Waals surface area contributed by atoms with Crippen LogP contribution in [-0.4, -0.2) is 18.1 Å². The van der Waals surface area contributed by atoms with Gasteiger partial charge in [0, 0.05) is 30.2 Å². The van der Waals surface area contributed by atoms with E-state index in [4.69, 9.17) is 4.74 Å².